The van der Waals surface area contributed by atoms with Gasteiger partial charge >= 0.3 is 0 Å². The topological polar surface area (TPSA) is 85.7 Å². The third kappa shape index (κ3) is 4.62. The van der Waals surface area contributed by atoms with Crippen molar-refractivity contribution in [3.63, 3.8) is 0 Å². The van der Waals surface area contributed by atoms with Crippen molar-refractivity contribution in [2.75, 3.05) is 11.9 Å². The number of rotatable bonds is 8. The number of anilines is 1. The number of aromatic nitrogens is 5. The van der Waals surface area contributed by atoms with E-state index in [0.717, 1.165) is 40.2 Å². The number of nitrogens with zero attached hydrogens (tertiary/aromatic N) is 5. The van der Waals surface area contributed by atoms with Crippen LogP contribution in [0.1, 0.15) is 46.4 Å². The minimum Gasteiger partial charge on any atom is -0.477 e. The highest BCUT2D eigenvalue weighted by Crippen LogP contribution is 2.46. The van der Waals surface area contributed by atoms with Crippen LogP contribution in [0.5, 0.6) is 5.88 Å². The molecule has 8 heteroatoms. The Hall–Kier alpha value is -2.61. The zero-order valence-corrected chi connectivity index (χ0v) is 17.2. The number of hydrogen-bond acceptors (Lipinski definition) is 8. The van der Waals surface area contributed by atoms with E-state index >= 15 is 0 Å². The molecule has 0 unspecified atom stereocenters. The average molecular weight is 397 g/mol. The van der Waals surface area contributed by atoms with E-state index in [-0.39, 0.29) is 0 Å². The van der Waals surface area contributed by atoms with Crippen molar-refractivity contribution in [1.82, 2.24) is 25.1 Å². The predicted molar refractivity (Wildman–Crippen MR) is 109 cm³/mol. The Kier molecular flexibility index (Phi) is 5.47. The van der Waals surface area contributed by atoms with Crippen molar-refractivity contribution in [2.45, 2.75) is 46.1 Å². The van der Waals surface area contributed by atoms with Gasteiger partial charge in [-0.05, 0) is 31.9 Å². The molecule has 1 fully saturated rings. The Morgan fingerprint density at radius 3 is 2.82 bits per heavy atom. The van der Waals surface area contributed by atoms with Gasteiger partial charge in [-0.1, -0.05) is 24.3 Å². The monoisotopic (exact) mass is 396 g/mol. The first-order chi connectivity index (χ1) is 13.6. The summed E-state index contributed by atoms with van der Waals surface area (Å²) in [6.45, 7) is 7.29. The number of nitrogens with one attached hydrogen (secondary N) is 1. The summed E-state index contributed by atoms with van der Waals surface area (Å²) in [5, 5.41) is 13.4. The molecule has 1 N–H and O–H groups in total. The van der Waals surface area contributed by atoms with Gasteiger partial charge in [0.25, 0.3) is 0 Å². The Morgan fingerprint density at radius 2 is 2.11 bits per heavy atom. The third-order valence-electron chi connectivity index (χ3n) is 4.74. The van der Waals surface area contributed by atoms with Crippen molar-refractivity contribution < 1.29 is 4.74 Å². The molecule has 0 radical (unpaired) electrons. The third-order valence-corrected chi connectivity index (χ3v) is 5.57. The molecular weight excluding hydrogens is 372 g/mol. The number of pyridine rings is 1. The Labute approximate surface area is 168 Å². The predicted octanol–water partition coefficient (Wildman–Crippen LogP) is 3.70. The Morgan fingerprint density at radius 1 is 1.21 bits per heavy atom. The summed E-state index contributed by atoms with van der Waals surface area (Å²) in [5.41, 5.74) is 2.35. The van der Waals surface area contributed by atoms with E-state index in [9.17, 15) is 0 Å². The van der Waals surface area contributed by atoms with Crippen molar-refractivity contribution in [2.24, 2.45) is 5.92 Å². The molecule has 28 heavy (non-hydrogen) atoms. The van der Waals surface area contributed by atoms with Crippen LogP contribution in [0.3, 0.4) is 0 Å². The molecule has 1 aliphatic rings. The summed E-state index contributed by atoms with van der Waals surface area (Å²) in [5.74, 6) is 3.12. The fraction of sp³-hybridized carbons (Fsp3) is 0.450. The van der Waals surface area contributed by atoms with Gasteiger partial charge in [0.2, 0.25) is 5.88 Å². The van der Waals surface area contributed by atoms with E-state index in [0.29, 0.717) is 30.9 Å². The summed E-state index contributed by atoms with van der Waals surface area (Å²) in [4.78, 5) is 13.6. The smallest absolute Gasteiger partial charge is 0.218 e. The summed E-state index contributed by atoms with van der Waals surface area (Å²) >= 11 is 1.58. The van der Waals surface area contributed by atoms with Crippen LogP contribution < -0.4 is 10.1 Å². The Balaban J connectivity index is 1.35. The van der Waals surface area contributed by atoms with Gasteiger partial charge in [0.05, 0.1) is 13.2 Å². The second-order valence-electron chi connectivity index (χ2n) is 7.10. The lowest BCUT2D eigenvalue weighted by Gasteiger charge is -2.10. The Bertz CT molecular complexity index is 942. The van der Waals surface area contributed by atoms with Crippen molar-refractivity contribution in [3.8, 4) is 5.88 Å². The molecule has 3 aromatic heterocycles. The normalized spacial score (nSPS) is 18.1. The number of aryl methyl sites for hydroxylation is 3. The molecular formula is C20H24N6OS. The van der Waals surface area contributed by atoms with Crippen LogP contribution in [-0.4, -0.2) is 31.8 Å². The molecule has 7 nitrogen and oxygen atoms in total. The lowest BCUT2D eigenvalue weighted by Crippen LogP contribution is -2.08. The van der Waals surface area contributed by atoms with Gasteiger partial charge in [-0.25, -0.2) is 4.98 Å². The van der Waals surface area contributed by atoms with Gasteiger partial charge in [0.1, 0.15) is 21.7 Å². The van der Waals surface area contributed by atoms with Crippen LogP contribution in [0.15, 0.2) is 24.4 Å². The number of ether oxygens (including phenoxy) is 1. The molecule has 2 atom stereocenters. The number of hydrogen-bond donors (Lipinski definition) is 1. The van der Waals surface area contributed by atoms with Gasteiger partial charge in [-0.15, -0.1) is 10.2 Å². The highest BCUT2D eigenvalue weighted by atomic mass is 32.1. The standard InChI is InChI=1S/C20H24N6OS/c1-4-17-23-18(22-10-20-26-25-13(3)28-20)8-19(24-17)27-11-14-7-15(14)16-6-5-12(2)9-21-16/h5-6,8-9,14-15H,4,7,10-11H2,1-3H3,(H,22,23,24)/t14-,15+/m1/s1. The quantitative estimate of drug-likeness (QED) is 0.621. The SMILES string of the molecule is CCc1nc(NCc2nnc(C)s2)cc(OC[C@H]2C[C@@H]2c2ccc(C)cn2)n1. The van der Waals surface area contributed by atoms with E-state index in [1.807, 2.05) is 26.1 Å². The van der Waals surface area contributed by atoms with Crippen LogP contribution in [-0.2, 0) is 13.0 Å². The molecule has 0 amide bonds. The lowest BCUT2D eigenvalue weighted by atomic mass is 10.2. The molecule has 0 aromatic carbocycles. The van der Waals surface area contributed by atoms with E-state index in [2.05, 4.69) is 49.5 Å². The van der Waals surface area contributed by atoms with Crippen LogP contribution in [0.4, 0.5) is 5.82 Å². The molecule has 0 spiro atoms. The maximum absolute atomic E-state index is 6.00. The molecule has 146 valence electrons. The first-order valence-electron chi connectivity index (χ1n) is 9.57. The molecule has 0 aliphatic heterocycles. The van der Waals surface area contributed by atoms with Gasteiger partial charge in [0, 0.05) is 36.2 Å². The fourth-order valence-corrected chi connectivity index (χ4v) is 3.70. The molecule has 0 saturated heterocycles. The second-order valence-corrected chi connectivity index (χ2v) is 8.37. The summed E-state index contributed by atoms with van der Waals surface area (Å²) in [6, 6.07) is 6.10. The van der Waals surface area contributed by atoms with Crippen LogP contribution in [0, 0.1) is 19.8 Å². The maximum Gasteiger partial charge on any atom is 0.218 e. The average Bonchev–Trinajstić information content (AvgIpc) is 3.37. The van der Waals surface area contributed by atoms with Crippen molar-refractivity contribution >= 4 is 17.2 Å². The molecule has 3 aromatic rings. The van der Waals surface area contributed by atoms with Crippen LogP contribution >= 0.6 is 11.3 Å². The van der Waals surface area contributed by atoms with Crippen molar-refractivity contribution in [3.05, 3.63) is 51.5 Å². The second kappa shape index (κ2) is 8.18. The summed E-state index contributed by atoms with van der Waals surface area (Å²) in [7, 11) is 0. The van der Waals surface area contributed by atoms with E-state index < -0.39 is 0 Å². The zero-order valence-electron chi connectivity index (χ0n) is 16.3. The molecule has 3 heterocycles. The molecule has 1 aliphatic carbocycles. The van der Waals surface area contributed by atoms with Crippen LogP contribution in [0.2, 0.25) is 0 Å². The van der Waals surface area contributed by atoms with Gasteiger partial charge in [-0.2, -0.15) is 4.98 Å². The van der Waals surface area contributed by atoms with Gasteiger partial charge < -0.3 is 10.1 Å². The largest absolute Gasteiger partial charge is 0.477 e. The highest BCUT2D eigenvalue weighted by molar-refractivity contribution is 7.11. The maximum atomic E-state index is 6.00. The van der Waals surface area contributed by atoms with Gasteiger partial charge in [-0.3, -0.25) is 4.98 Å². The summed E-state index contributed by atoms with van der Waals surface area (Å²) < 4.78 is 6.00. The molecule has 0 bridgehead atoms. The van der Waals surface area contributed by atoms with E-state index in [4.69, 9.17) is 4.74 Å². The molecule has 4 rings (SSSR count). The van der Waals surface area contributed by atoms with Crippen molar-refractivity contribution in [1.29, 1.82) is 0 Å². The van der Waals surface area contributed by atoms with Gasteiger partial charge in [0.15, 0.2) is 0 Å². The zero-order chi connectivity index (χ0) is 19.5. The van der Waals surface area contributed by atoms with Crippen LogP contribution in [0.25, 0.3) is 0 Å². The minimum atomic E-state index is 0.492. The fourth-order valence-electron chi connectivity index (χ4n) is 3.06. The minimum absolute atomic E-state index is 0.492. The molecule has 1 saturated carbocycles. The van der Waals surface area contributed by atoms with E-state index in [1.165, 1.54) is 5.56 Å². The van der Waals surface area contributed by atoms with E-state index in [1.54, 1.807) is 11.3 Å². The first kappa shape index (κ1) is 18.7. The first-order valence-corrected chi connectivity index (χ1v) is 10.4. The highest BCUT2D eigenvalue weighted by Gasteiger charge is 2.40. The lowest BCUT2D eigenvalue weighted by molar-refractivity contribution is 0.284. The summed E-state index contributed by atoms with van der Waals surface area (Å²) in [6.07, 6.45) is 3.80.